The molecule has 0 bridgehead atoms. The third-order valence-corrected chi connectivity index (χ3v) is 5.12. The van der Waals surface area contributed by atoms with E-state index in [0.29, 0.717) is 16.9 Å². The summed E-state index contributed by atoms with van der Waals surface area (Å²) in [6.07, 6.45) is 3.46. The van der Waals surface area contributed by atoms with Gasteiger partial charge in [-0.1, -0.05) is 6.07 Å². The fraction of sp³-hybridized carbons (Fsp3) is 0.350. The largest absolute Gasteiger partial charge is 0.478 e. The molecule has 1 aromatic carbocycles. The van der Waals surface area contributed by atoms with Gasteiger partial charge in [-0.25, -0.2) is 4.79 Å². The molecule has 2 aromatic heterocycles. The number of benzene rings is 1. The molecule has 0 aliphatic carbocycles. The zero-order valence-corrected chi connectivity index (χ0v) is 14.9. The minimum atomic E-state index is -0.944. The molecular weight excluding hydrogens is 330 g/mol. The Balaban J connectivity index is 1.84. The molecule has 134 valence electrons. The fourth-order valence-corrected chi connectivity index (χ4v) is 3.85. The predicted octanol–water partition coefficient (Wildman–Crippen LogP) is 3.76. The Morgan fingerprint density at radius 1 is 1.23 bits per heavy atom. The number of rotatable bonds is 3. The first-order chi connectivity index (χ1) is 12.6. The molecule has 3 heterocycles. The van der Waals surface area contributed by atoms with Gasteiger partial charge in [-0.05, 0) is 50.5 Å². The van der Waals surface area contributed by atoms with Crippen LogP contribution in [0.4, 0.5) is 0 Å². The number of aromatic nitrogens is 3. The van der Waals surface area contributed by atoms with E-state index in [9.17, 15) is 9.90 Å². The van der Waals surface area contributed by atoms with E-state index in [2.05, 4.69) is 16.6 Å². The first-order valence-corrected chi connectivity index (χ1v) is 8.82. The van der Waals surface area contributed by atoms with Crippen molar-refractivity contribution in [1.82, 2.24) is 14.8 Å². The number of aryl methyl sites for hydroxylation is 1. The highest BCUT2D eigenvalue weighted by atomic mass is 16.5. The summed E-state index contributed by atoms with van der Waals surface area (Å²) in [5, 5.41) is 14.9. The zero-order valence-electron chi connectivity index (χ0n) is 14.9. The third-order valence-electron chi connectivity index (χ3n) is 5.12. The molecule has 1 fully saturated rings. The number of hydrogen-bond acceptors (Lipinski definition) is 4. The van der Waals surface area contributed by atoms with E-state index in [-0.39, 0.29) is 5.56 Å². The van der Waals surface area contributed by atoms with E-state index in [0.717, 1.165) is 48.6 Å². The molecule has 0 spiro atoms. The van der Waals surface area contributed by atoms with Crippen LogP contribution in [0.1, 0.15) is 40.6 Å². The van der Waals surface area contributed by atoms with Crippen molar-refractivity contribution in [2.24, 2.45) is 0 Å². The number of ether oxygens (including phenoxy) is 1. The topological polar surface area (TPSA) is 77.2 Å². The summed E-state index contributed by atoms with van der Waals surface area (Å²) in [5.74, 6) is -0.944. The van der Waals surface area contributed by atoms with Crippen LogP contribution in [0.15, 0.2) is 30.5 Å². The van der Waals surface area contributed by atoms with Gasteiger partial charge in [-0.3, -0.25) is 9.67 Å². The smallest absolute Gasteiger partial charge is 0.336 e. The molecule has 26 heavy (non-hydrogen) atoms. The van der Waals surface area contributed by atoms with E-state index in [1.165, 1.54) is 6.20 Å². The molecule has 6 heteroatoms. The fourth-order valence-electron chi connectivity index (χ4n) is 3.85. The minimum Gasteiger partial charge on any atom is -0.478 e. The minimum absolute atomic E-state index is 0.268. The molecule has 0 unspecified atom stereocenters. The van der Waals surface area contributed by atoms with Crippen molar-refractivity contribution in [3.63, 3.8) is 0 Å². The number of fused-ring (bicyclic) bond motifs is 1. The Morgan fingerprint density at radius 3 is 2.73 bits per heavy atom. The molecule has 0 atom stereocenters. The Kier molecular flexibility index (Phi) is 4.20. The van der Waals surface area contributed by atoms with Crippen LogP contribution in [0.2, 0.25) is 0 Å². The van der Waals surface area contributed by atoms with Crippen LogP contribution >= 0.6 is 0 Å². The average Bonchev–Trinajstić information content (AvgIpc) is 2.95. The molecule has 6 nitrogen and oxygen atoms in total. The second kappa shape index (κ2) is 6.53. The van der Waals surface area contributed by atoms with Crippen LogP contribution in [0, 0.1) is 13.8 Å². The molecular formula is C20H21N3O3. The number of nitrogens with zero attached hydrogens (tertiary/aromatic N) is 3. The lowest BCUT2D eigenvalue weighted by molar-refractivity contribution is 0.0656. The zero-order chi connectivity index (χ0) is 18.3. The van der Waals surface area contributed by atoms with Crippen molar-refractivity contribution in [2.45, 2.75) is 32.7 Å². The second-order valence-corrected chi connectivity index (χ2v) is 6.73. The van der Waals surface area contributed by atoms with E-state index in [4.69, 9.17) is 9.84 Å². The third kappa shape index (κ3) is 2.76. The number of hydrogen-bond donors (Lipinski definition) is 1. The summed E-state index contributed by atoms with van der Waals surface area (Å²) in [6, 6.07) is 7.68. The SMILES string of the molecule is Cc1nn(C2CCOCC2)c(C)c1-c1ccc2nccc(C(=O)O)c2c1. The second-order valence-electron chi connectivity index (χ2n) is 6.73. The van der Waals surface area contributed by atoms with E-state index in [1.807, 2.05) is 25.1 Å². The van der Waals surface area contributed by atoms with E-state index in [1.54, 1.807) is 6.07 Å². The first-order valence-electron chi connectivity index (χ1n) is 8.82. The van der Waals surface area contributed by atoms with Gasteiger partial charge in [-0.2, -0.15) is 5.10 Å². The van der Waals surface area contributed by atoms with Gasteiger partial charge in [0.15, 0.2) is 0 Å². The van der Waals surface area contributed by atoms with Gasteiger partial charge in [0.2, 0.25) is 0 Å². The summed E-state index contributed by atoms with van der Waals surface area (Å²) < 4.78 is 7.57. The Morgan fingerprint density at radius 2 is 2.00 bits per heavy atom. The van der Waals surface area contributed by atoms with Crippen molar-refractivity contribution in [3.05, 3.63) is 47.4 Å². The highest BCUT2D eigenvalue weighted by Gasteiger charge is 2.22. The lowest BCUT2D eigenvalue weighted by Gasteiger charge is -2.23. The standard InChI is InChI=1S/C20H21N3O3/c1-12-19(13(2)23(22-12)15-6-9-26-10-7-15)14-3-4-18-17(11-14)16(20(24)25)5-8-21-18/h3-5,8,11,15H,6-7,9-10H2,1-2H3,(H,24,25). The lowest BCUT2D eigenvalue weighted by atomic mass is 9.99. The maximum atomic E-state index is 11.6. The molecule has 3 aromatic rings. The van der Waals surface area contributed by atoms with Crippen molar-refractivity contribution < 1.29 is 14.6 Å². The first kappa shape index (κ1) is 16.7. The molecule has 0 amide bonds. The van der Waals surface area contributed by atoms with Crippen LogP contribution < -0.4 is 0 Å². The monoisotopic (exact) mass is 351 g/mol. The maximum absolute atomic E-state index is 11.6. The van der Waals surface area contributed by atoms with Crippen molar-refractivity contribution >= 4 is 16.9 Å². The molecule has 1 aliphatic rings. The highest BCUT2D eigenvalue weighted by molar-refractivity contribution is 6.03. The average molecular weight is 351 g/mol. The van der Waals surface area contributed by atoms with Gasteiger partial charge in [-0.15, -0.1) is 0 Å². The van der Waals surface area contributed by atoms with Crippen molar-refractivity contribution in [3.8, 4) is 11.1 Å². The van der Waals surface area contributed by atoms with Crippen molar-refractivity contribution in [1.29, 1.82) is 0 Å². The molecule has 1 N–H and O–H groups in total. The Labute approximate surface area is 151 Å². The molecule has 0 radical (unpaired) electrons. The van der Waals surface area contributed by atoms with Crippen LogP contribution in [0.25, 0.3) is 22.0 Å². The van der Waals surface area contributed by atoms with E-state index < -0.39 is 5.97 Å². The number of pyridine rings is 1. The van der Waals surface area contributed by atoms with Gasteiger partial charge >= 0.3 is 5.97 Å². The normalized spacial score (nSPS) is 15.5. The van der Waals surface area contributed by atoms with Crippen LogP contribution in [0.5, 0.6) is 0 Å². The number of carboxylic acid groups (broad SMARTS) is 1. The number of carboxylic acids is 1. The van der Waals surface area contributed by atoms with Gasteiger partial charge in [0.05, 0.1) is 22.8 Å². The highest BCUT2D eigenvalue weighted by Crippen LogP contribution is 2.33. The van der Waals surface area contributed by atoms with Gasteiger partial charge in [0.1, 0.15) is 0 Å². The Hall–Kier alpha value is -2.73. The van der Waals surface area contributed by atoms with Gasteiger partial charge in [0.25, 0.3) is 0 Å². The van der Waals surface area contributed by atoms with Gasteiger partial charge < -0.3 is 9.84 Å². The van der Waals surface area contributed by atoms with Crippen LogP contribution in [-0.4, -0.2) is 39.1 Å². The maximum Gasteiger partial charge on any atom is 0.336 e. The van der Waals surface area contributed by atoms with E-state index >= 15 is 0 Å². The summed E-state index contributed by atoms with van der Waals surface area (Å²) in [5.41, 5.74) is 5.05. The molecule has 0 saturated carbocycles. The molecule has 1 saturated heterocycles. The Bertz CT molecular complexity index is 987. The number of carbonyl (C=O) groups is 1. The summed E-state index contributed by atoms with van der Waals surface area (Å²) >= 11 is 0. The summed E-state index contributed by atoms with van der Waals surface area (Å²) in [7, 11) is 0. The lowest BCUT2D eigenvalue weighted by Crippen LogP contribution is -2.21. The van der Waals surface area contributed by atoms with Crippen molar-refractivity contribution in [2.75, 3.05) is 13.2 Å². The van der Waals surface area contributed by atoms with Crippen LogP contribution in [0.3, 0.4) is 0 Å². The predicted molar refractivity (Wildman–Crippen MR) is 98.5 cm³/mol. The summed E-state index contributed by atoms with van der Waals surface area (Å²) in [4.78, 5) is 15.8. The molecule has 4 rings (SSSR count). The quantitative estimate of drug-likeness (QED) is 0.777. The summed E-state index contributed by atoms with van der Waals surface area (Å²) in [6.45, 7) is 5.62. The number of aromatic carboxylic acids is 1. The van der Waals surface area contributed by atoms with Gasteiger partial charge in [0, 0.05) is 36.1 Å². The molecule has 1 aliphatic heterocycles. The van der Waals surface area contributed by atoms with Crippen LogP contribution in [-0.2, 0) is 4.74 Å².